The Morgan fingerprint density at radius 3 is 2.56 bits per heavy atom. The smallest absolute Gasteiger partial charge is 0.319 e. The van der Waals surface area contributed by atoms with E-state index >= 15 is 0 Å². The molecule has 3 rings (SSSR count). The molecule has 2 unspecified atom stereocenters. The molecule has 2 amide bonds. The second-order valence-corrected chi connectivity index (χ2v) is 8.12. The fourth-order valence-electron chi connectivity index (χ4n) is 3.55. The summed E-state index contributed by atoms with van der Waals surface area (Å²) >= 11 is 0.949. The van der Waals surface area contributed by atoms with Gasteiger partial charge < -0.3 is 20.1 Å². The fraction of sp³-hybridized carbons (Fsp3) is 0.250. The molecule has 2 aromatic carbocycles. The predicted molar refractivity (Wildman–Crippen MR) is 124 cm³/mol. The predicted octanol–water partition coefficient (Wildman–Crippen LogP) is 3.33. The third kappa shape index (κ3) is 5.55. The number of benzene rings is 2. The molecule has 0 bridgehead atoms. The van der Waals surface area contributed by atoms with Gasteiger partial charge in [0, 0.05) is 17.2 Å². The number of hydrogen-bond donors (Lipinski definition) is 2. The molecule has 1 heterocycles. The summed E-state index contributed by atoms with van der Waals surface area (Å²) in [7, 11) is 1.45. The highest BCUT2D eigenvalue weighted by Gasteiger charge is 2.45. The minimum absolute atomic E-state index is 0.0675. The molecule has 0 fully saturated rings. The van der Waals surface area contributed by atoms with Crippen molar-refractivity contribution in [2.24, 2.45) is 5.92 Å². The molecule has 1 aliphatic rings. The number of carbonyl (C=O) groups excluding carboxylic acids is 3. The summed E-state index contributed by atoms with van der Waals surface area (Å²) in [4.78, 5) is 38.1. The number of nitriles is 1. The van der Waals surface area contributed by atoms with Crippen LogP contribution >= 0.6 is 11.8 Å². The van der Waals surface area contributed by atoms with Crippen LogP contribution in [0.2, 0.25) is 0 Å². The van der Waals surface area contributed by atoms with E-state index in [-0.39, 0.29) is 23.0 Å². The van der Waals surface area contributed by atoms with Gasteiger partial charge in [0.05, 0.1) is 36.1 Å². The van der Waals surface area contributed by atoms with E-state index in [9.17, 15) is 24.0 Å². The van der Waals surface area contributed by atoms with Gasteiger partial charge in [-0.1, -0.05) is 30.0 Å². The van der Waals surface area contributed by atoms with E-state index in [1.54, 1.807) is 31.2 Å². The van der Waals surface area contributed by atoms with Crippen LogP contribution in [0.5, 0.6) is 5.75 Å². The molecule has 0 saturated carbocycles. The van der Waals surface area contributed by atoms with Gasteiger partial charge in [-0.25, -0.2) is 4.39 Å². The zero-order valence-corrected chi connectivity index (χ0v) is 19.3. The van der Waals surface area contributed by atoms with Gasteiger partial charge in [-0.05, 0) is 37.3 Å². The molecule has 2 N–H and O–H groups in total. The van der Waals surface area contributed by atoms with Crippen LogP contribution in [-0.4, -0.2) is 37.3 Å². The van der Waals surface area contributed by atoms with Crippen molar-refractivity contribution >= 4 is 35.2 Å². The summed E-state index contributed by atoms with van der Waals surface area (Å²) in [6.07, 6.45) is 0. The number of methoxy groups -OCH3 is 1. The zero-order valence-electron chi connectivity index (χ0n) is 18.5. The number of esters is 1. The lowest BCUT2D eigenvalue weighted by Gasteiger charge is -2.31. The van der Waals surface area contributed by atoms with Crippen molar-refractivity contribution in [3.63, 3.8) is 0 Å². The quantitative estimate of drug-likeness (QED) is 0.437. The molecule has 2 atom stereocenters. The summed E-state index contributed by atoms with van der Waals surface area (Å²) in [6.45, 7) is 1.69. The van der Waals surface area contributed by atoms with Gasteiger partial charge in [0.2, 0.25) is 11.8 Å². The number of hydrogen-bond acceptors (Lipinski definition) is 7. The van der Waals surface area contributed by atoms with Gasteiger partial charge in [-0.15, -0.1) is 0 Å². The van der Waals surface area contributed by atoms with Crippen molar-refractivity contribution in [2.45, 2.75) is 12.8 Å². The van der Waals surface area contributed by atoms with E-state index in [0.29, 0.717) is 17.0 Å². The fourth-order valence-corrected chi connectivity index (χ4v) is 4.40. The van der Waals surface area contributed by atoms with Crippen LogP contribution in [0.15, 0.2) is 59.1 Å². The maximum atomic E-state index is 13.1. The number of thioether (sulfide) groups is 1. The van der Waals surface area contributed by atoms with Crippen LogP contribution in [0.3, 0.4) is 0 Å². The monoisotopic (exact) mass is 483 g/mol. The summed E-state index contributed by atoms with van der Waals surface area (Å²) in [5.74, 6) is -4.25. The Morgan fingerprint density at radius 1 is 1.21 bits per heavy atom. The van der Waals surface area contributed by atoms with Gasteiger partial charge >= 0.3 is 5.97 Å². The molecule has 0 saturated heterocycles. The van der Waals surface area contributed by atoms with E-state index < -0.39 is 35.4 Å². The van der Waals surface area contributed by atoms with Crippen LogP contribution < -0.4 is 15.4 Å². The highest BCUT2D eigenvalue weighted by Crippen LogP contribution is 2.43. The van der Waals surface area contributed by atoms with Gasteiger partial charge in [-0.2, -0.15) is 5.26 Å². The normalized spacial score (nSPS) is 17.4. The maximum Gasteiger partial charge on any atom is 0.319 e. The van der Waals surface area contributed by atoms with Crippen LogP contribution in [0.1, 0.15) is 18.4 Å². The standard InChI is InChI=1S/C24H22FN3O5S/c1-3-33-24(31)21-20(16-6-4-5-7-18(16)32-2)17(12-26)23(28-22(21)30)34-13-19(29)27-15-10-8-14(25)9-11-15/h4-11,20-21H,3,13H2,1-2H3,(H,27,29)(H,28,30). The second-order valence-electron chi connectivity index (χ2n) is 7.14. The van der Waals surface area contributed by atoms with Crippen LogP contribution in [0.4, 0.5) is 10.1 Å². The summed E-state index contributed by atoms with van der Waals surface area (Å²) < 4.78 is 23.6. The lowest BCUT2D eigenvalue weighted by atomic mass is 9.78. The largest absolute Gasteiger partial charge is 0.496 e. The van der Waals surface area contributed by atoms with E-state index in [4.69, 9.17) is 9.47 Å². The highest BCUT2D eigenvalue weighted by atomic mass is 32.2. The molecule has 10 heteroatoms. The Bertz CT molecular complexity index is 1160. The Hall–Kier alpha value is -3.84. The molecule has 0 spiro atoms. The van der Waals surface area contributed by atoms with Crippen molar-refractivity contribution in [1.82, 2.24) is 5.32 Å². The topological polar surface area (TPSA) is 118 Å². The lowest BCUT2D eigenvalue weighted by Crippen LogP contribution is -2.44. The first-order valence-electron chi connectivity index (χ1n) is 10.3. The number of rotatable bonds is 8. The average molecular weight is 484 g/mol. The molecule has 8 nitrogen and oxygen atoms in total. The molecule has 0 radical (unpaired) electrons. The van der Waals surface area contributed by atoms with Gasteiger partial charge in [-0.3, -0.25) is 14.4 Å². The number of amides is 2. The first-order valence-corrected chi connectivity index (χ1v) is 11.3. The second kappa shape index (κ2) is 11.3. The Kier molecular flexibility index (Phi) is 8.27. The Labute approximate surface area is 200 Å². The van der Waals surface area contributed by atoms with Crippen molar-refractivity contribution in [2.75, 3.05) is 24.8 Å². The third-order valence-electron chi connectivity index (χ3n) is 5.02. The average Bonchev–Trinajstić information content (AvgIpc) is 2.83. The van der Waals surface area contributed by atoms with E-state index in [1.165, 1.54) is 31.4 Å². The summed E-state index contributed by atoms with van der Waals surface area (Å²) in [5, 5.41) is 15.4. The lowest BCUT2D eigenvalue weighted by molar-refractivity contribution is -0.152. The maximum absolute atomic E-state index is 13.1. The van der Waals surface area contributed by atoms with Gasteiger partial charge in [0.1, 0.15) is 17.5 Å². The molecule has 0 aromatic heterocycles. The number of nitrogens with one attached hydrogen (secondary N) is 2. The zero-order chi connectivity index (χ0) is 24.7. The molecular weight excluding hydrogens is 461 g/mol. The summed E-state index contributed by atoms with van der Waals surface area (Å²) in [5.41, 5.74) is 0.994. The van der Waals surface area contributed by atoms with Crippen molar-refractivity contribution < 1.29 is 28.2 Å². The van der Waals surface area contributed by atoms with Crippen LogP contribution in [0.25, 0.3) is 0 Å². The van der Waals surface area contributed by atoms with Gasteiger partial charge in [0.15, 0.2) is 0 Å². The molecule has 34 heavy (non-hydrogen) atoms. The minimum atomic E-state index is -1.30. The third-order valence-corrected chi connectivity index (χ3v) is 6.04. The van der Waals surface area contributed by atoms with Crippen molar-refractivity contribution in [3.8, 4) is 11.8 Å². The minimum Gasteiger partial charge on any atom is -0.496 e. The molecule has 2 aromatic rings. The van der Waals surface area contributed by atoms with E-state index in [2.05, 4.69) is 16.7 Å². The number of nitrogens with zero attached hydrogens (tertiary/aromatic N) is 1. The number of allylic oxidation sites excluding steroid dienone is 1. The van der Waals surface area contributed by atoms with E-state index in [0.717, 1.165) is 11.8 Å². The molecule has 0 aliphatic carbocycles. The summed E-state index contributed by atoms with van der Waals surface area (Å²) in [6, 6.07) is 14.1. The van der Waals surface area contributed by atoms with Crippen molar-refractivity contribution in [3.05, 3.63) is 70.5 Å². The first kappa shape index (κ1) is 24.8. The SMILES string of the molecule is CCOC(=O)C1C(=O)NC(SCC(=O)Nc2ccc(F)cc2)=C(C#N)C1c1ccccc1OC. The number of ether oxygens (including phenoxy) is 2. The van der Waals surface area contributed by atoms with E-state index in [1.807, 2.05) is 0 Å². The number of para-hydroxylation sites is 1. The van der Waals surface area contributed by atoms with Gasteiger partial charge in [0.25, 0.3) is 0 Å². The Morgan fingerprint density at radius 2 is 1.91 bits per heavy atom. The molecule has 176 valence electrons. The highest BCUT2D eigenvalue weighted by molar-refractivity contribution is 8.03. The first-order chi connectivity index (χ1) is 16.4. The molecular formula is C24H22FN3O5S. The molecule has 1 aliphatic heterocycles. The van der Waals surface area contributed by atoms with Crippen molar-refractivity contribution in [1.29, 1.82) is 5.26 Å². The Balaban J connectivity index is 1.93. The number of anilines is 1. The van der Waals surface area contributed by atoms with Crippen LogP contribution in [0, 0.1) is 23.1 Å². The number of carbonyl (C=O) groups is 3. The number of halogens is 1. The van der Waals surface area contributed by atoms with Crippen LogP contribution in [-0.2, 0) is 19.1 Å².